The van der Waals surface area contributed by atoms with Gasteiger partial charge in [-0.05, 0) is 25.9 Å². The van der Waals surface area contributed by atoms with Gasteiger partial charge < -0.3 is 4.90 Å². The summed E-state index contributed by atoms with van der Waals surface area (Å²) in [6.07, 6.45) is 5.97. The van der Waals surface area contributed by atoms with Gasteiger partial charge in [-0.25, -0.2) is 0 Å². The Bertz CT molecular complexity index is 171. The summed E-state index contributed by atoms with van der Waals surface area (Å²) in [5, 5.41) is 0. The molecule has 0 bridgehead atoms. The monoisotopic (exact) mass is 197 g/mol. The van der Waals surface area contributed by atoms with E-state index < -0.39 is 8.07 Å². The van der Waals surface area contributed by atoms with E-state index >= 15 is 0 Å². The smallest absolute Gasteiger partial charge is 0.0511 e. The van der Waals surface area contributed by atoms with Gasteiger partial charge in [-0.1, -0.05) is 31.3 Å². The van der Waals surface area contributed by atoms with Crippen LogP contribution in [-0.2, 0) is 0 Å². The molecule has 1 rings (SSSR count). The van der Waals surface area contributed by atoms with E-state index in [0.29, 0.717) is 0 Å². The second kappa shape index (κ2) is 4.96. The van der Waals surface area contributed by atoms with Crippen molar-refractivity contribution in [2.24, 2.45) is 0 Å². The zero-order valence-electron chi connectivity index (χ0n) is 9.34. The number of hydrogen-bond acceptors (Lipinski definition) is 1. The normalized spacial score (nSPS) is 18.4. The summed E-state index contributed by atoms with van der Waals surface area (Å²) in [7, 11) is -0.877. The molecule has 76 valence electrons. The molecule has 0 radical (unpaired) electrons. The van der Waals surface area contributed by atoms with Gasteiger partial charge in [0.05, 0.1) is 8.07 Å². The highest BCUT2D eigenvalue weighted by molar-refractivity contribution is 6.77. The summed E-state index contributed by atoms with van der Waals surface area (Å²) in [6, 6.07) is 2.86. The fourth-order valence-corrected chi connectivity index (χ4v) is 3.81. The molecule has 1 fully saturated rings. The largest absolute Gasteiger partial charge is 0.301 e. The Labute approximate surface area is 83.8 Å². The van der Waals surface area contributed by atoms with Crippen LogP contribution in [0.15, 0.2) is 12.2 Å². The van der Waals surface area contributed by atoms with E-state index in [9.17, 15) is 0 Å². The molecule has 0 spiro atoms. The molecule has 0 aromatic heterocycles. The van der Waals surface area contributed by atoms with Crippen LogP contribution in [0.2, 0.25) is 25.2 Å². The van der Waals surface area contributed by atoms with Crippen molar-refractivity contribution in [3.63, 3.8) is 0 Å². The van der Waals surface area contributed by atoms with Crippen LogP contribution in [0, 0.1) is 0 Å². The van der Waals surface area contributed by atoms with Crippen LogP contribution >= 0.6 is 0 Å². The maximum absolute atomic E-state index is 2.53. The van der Waals surface area contributed by atoms with Gasteiger partial charge in [0, 0.05) is 13.1 Å². The first-order valence-corrected chi connectivity index (χ1v) is 8.89. The Morgan fingerprint density at radius 3 is 2.54 bits per heavy atom. The molecule has 1 aliphatic rings. The topological polar surface area (TPSA) is 3.01 Å². The highest BCUT2D eigenvalue weighted by Crippen LogP contribution is 2.19. The van der Waals surface area contributed by atoms with Gasteiger partial charge in [-0.3, -0.25) is 0 Å². The van der Waals surface area contributed by atoms with Crippen molar-refractivity contribution in [2.75, 3.05) is 19.6 Å². The minimum atomic E-state index is -0.877. The molecule has 0 N–H and O–H groups in total. The third kappa shape index (κ3) is 5.27. The molecule has 0 aromatic carbocycles. The molecule has 0 aliphatic carbocycles. The zero-order chi connectivity index (χ0) is 9.73. The number of allylic oxidation sites excluding steroid dienone is 2. The lowest BCUT2D eigenvalue weighted by atomic mass is 10.5. The molecule has 0 unspecified atom stereocenters. The SMILES string of the molecule is CC=CC[Si](C)(C)CCCN1CC1. The Hall–Kier alpha value is -0.0831. The Morgan fingerprint density at radius 1 is 1.31 bits per heavy atom. The summed E-state index contributed by atoms with van der Waals surface area (Å²) in [4.78, 5) is 2.53. The number of nitrogens with zero attached hydrogens (tertiary/aromatic N) is 1. The summed E-state index contributed by atoms with van der Waals surface area (Å²) in [6.45, 7) is 11.2. The highest BCUT2D eigenvalue weighted by Gasteiger charge is 2.21. The van der Waals surface area contributed by atoms with Crippen LogP contribution in [0.1, 0.15) is 13.3 Å². The molecular weight excluding hydrogens is 174 g/mol. The van der Waals surface area contributed by atoms with E-state index in [0.717, 1.165) is 0 Å². The highest BCUT2D eigenvalue weighted by atomic mass is 28.3. The Balaban J connectivity index is 2.08. The molecule has 2 heteroatoms. The fourth-order valence-electron chi connectivity index (χ4n) is 1.61. The van der Waals surface area contributed by atoms with E-state index in [1.165, 1.54) is 38.1 Å². The third-order valence-electron chi connectivity index (χ3n) is 2.77. The summed E-state index contributed by atoms with van der Waals surface area (Å²) in [5.41, 5.74) is 0. The van der Waals surface area contributed by atoms with Crippen LogP contribution in [0.3, 0.4) is 0 Å². The predicted molar refractivity (Wildman–Crippen MR) is 63.0 cm³/mol. The van der Waals surface area contributed by atoms with Gasteiger partial charge in [-0.2, -0.15) is 0 Å². The molecule has 13 heavy (non-hydrogen) atoms. The van der Waals surface area contributed by atoms with Crippen molar-refractivity contribution in [3.8, 4) is 0 Å². The predicted octanol–water partition coefficient (Wildman–Crippen LogP) is 2.98. The van der Waals surface area contributed by atoms with Crippen LogP contribution in [0.4, 0.5) is 0 Å². The molecule has 0 saturated carbocycles. The Kier molecular flexibility index (Phi) is 4.20. The number of hydrogen-bond donors (Lipinski definition) is 0. The van der Waals surface area contributed by atoms with E-state index in [1.54, 1.807) is 0 Å². The second-order valence-electron chi connectivity index (χ2n) is 4.88. The van der Waals surface area contributed by atoms with Gasteiger partial charge in [-0.15, -0.1) is 0 Å². The van der Waals surface area contributed by atoms with E-state index in [1.807, 2.05) is 0 Å². The molecule has 0 amide bonds. The van der Waals surface area contributed by atoms with E-state index in [-0.39, 0.29) is 0 Å². The molecule has 0 atom stereocenters. The first kappa shape index (κ1) is 11.0. The quantitative estimate of drug-likeness (QED) is 0.359. The van der Waals surface area contributed by atoms with Crippen molar-refractivity contribution in [1.82, 2.24) is 4.90 Å². The van der Waals surface area contributed by atoms with Crippen molar-refractivity contribution < 1.29 is 0 Å². The third-order valence-corrected chi connectivity index (χ3v) is 5.82. The van der Waals surface area contributed by atoms with Crippen molar-refractivity contribution in [3.05, 3.63) is 12.2 Å². The first-order chi connectivity index (χ1) is 6.14. The van der Waals surface area contributed by atoms with Gasteiger partial charge in [0.15, 0.2) is 0 Å². The number of rotatable bonds is 6. The molecule has 1 saturated heterocycles. The van der Waals surface area contributed by atoms with Crippen molar-refractivity contribution in [1.29, 1.82) is 0 Å². The lowest BCUT2D eigenvalue weighted by Gasteiger charge is -2.20. The lowest BCUT2D eigenvalue weighted by Crippen LogP contribution is -2.24. The minimum Gasteiger partial charge on any atom is -0.301 e. The van der Waals surface area contributed by atoms with Gasteiger partial charge in [0.2, 0.25) is 0 Å². The van der Waals surface area contributed by atoms with Crippen LogP contribution < -0.4 is 0 Å². The average molecular weight is 197 g/mol. The molecular formula is C11H23NSi. The Morgan fingerprint density at radius 2 is 2.00 bits per heavy atom. The zero-order valence-corrected chi connectivity index (χ0v) is 10.3. The summed E-state index contributed by atoms with van der Waals surface area (Å²) < 4.78 is 0. The van der Waals surface area contributed by atoms with Crippen molar-refractivity contribution >= 4 is 8.07 Å². The lowest BCUT2D eigenvalue weighted by molar-refractivity contribution is 0.549. The molecule has 1 nitrogen and oxygen atoms in total. The first-order valence-electron chi connectivity index (χ1n) is 5.47. The van der Waals surface area contributed by atoms with Crippen LogP contribution in [0.25, 0.3) is 0 Å². The fraction of sp³-hybridized carbons (Fsp3) is 0.818. The van der Waals surface area contributed by atoms with Gasteiger partial charge >= 0.3 is 0 Å². The standard InChI is InChI=1S/C11H23NSi/c1-4-5-10-13(2,3)11-6-7-12-8-9-12/h4-5H,6-11H2,1-3H3. The molecule has 1 heterocycles. The summed E-state index contributed by atoms with van der Waals surface area (Å²) in [5.74, 6) is 0. The van der Waals surface area contributed by atoms with Crippen molar-refractivity contribution in [2.45, 2.75) is 38.5 Å². The van der Waals surface area contributed by atoms with Gasteiger partial charge in [0.25, 0.3) is 0 Å². The summed E-state index contributed by atoms with van der Waals surface area (Å²) >= 11 is 0. The molecule has 1 aliphatic heterocycles. The maximum atomic E-state index is 2.53. The minimum absolute atomic E-state index is 0.877. The average Bonchev–Trinajstić information content (AvgIpc) is 2.84. The maximum Gasteiger partial charge on any atom is 0.0511 e. The van der Waals surface area contributed by atoms with E-state index in [4.69, 9.17) is 0 Å². The van der Waals surface area contributed by atoms with Crippen LogP contribution in [-0.4, -0.2) is 32.6 Å². The molecule has 0 aromatic rings. The van der Waals surface area contributed by atoms with Crippen LogP contribution in [0.5, 0.6) is 0 Å². The van der Waals surface area contributed by atoms with E-state index in [2.05, 4.69) is 37.1 Å². The van der Waals surface area contributed by atoms with Gasteiger partial charge in [0.1, 0.15) is 0 Å². The second-order valence-corrected chi connectivity index (χ2v) is 10.1.